The molecule has 0 saturated heterocycles. The molecule has 2 aromatic heterocycles. The summed E-state index contributed by atoms with van der Waals surface area (Å²) in [6, 6.07) is 27.0. The van der Waals surface area contributed by atoms with Gasteiger partial charge in [-0.2, -0.15) is 18.3 Å². The molecule has 0 aliphatic rings. The van der Waals surface area contributed by atoms with Crippen LogP contribution in [-0.2, 0) is 0 Å². The summed E-state index contributed by atoms with van der Waals surface area (Å²) in [5.41, 5.74) is 18.6. The van der Waals surface area contributed by atoms with Gasteiger partial charge in [0, 0.05) is 0 Å². The average molecular weight is 820 g/mol. The summed E-state index contributed by atoms with van der Waals surface area (Å²) in [5.74, 6) is 4.00. The summed E-state index contributed by atoms with van der Waals surface area (Å²) in [5, 5.41) is 10.4. The molecule has 61 heavy (non-hydrogen) atoms. The first-order valence-electron chi connectivity index (χ1n) is 22.9. The molecule has 0 amide bonds. The largest absolute Gasteiger partial charge is 0.434 e. The maximum Gasteiger partial charge on any atom is 0.434 e. The maximum absolute atomic E-state index is 5.31. The topological polar surface area (TPSA) is 54.4 Å². The number of benzene rings is 4. The van der Waals surface area contributed by atoms with Crippen LogP contribution in [0.25, 0.3) is 22.7 Å². The minimum absolute atomic E-state index is 0.302. The number of aromatic nitrogens is 4. The van der Waals surface area contributed by atoms with Crippen molar-refractivity contribution in [2.45, 2.75) is 158 Å². The Labute approximate surface area is 367 Å². The summed E-state index contributed by atoms with van der Waals surface area (Å²) in [6.07, 6.45) is 8.79. The predicted octanol–water partition coefficient (Wildman–Crippen LogP) is 14.9. The molecule has 6 rings (SSSR count). The van der Waals surface area contributed by atoms with Gasteiger partial charge in [-0.25, -0.2) is 0 Å². The highest BCUT2D eigenvalue weighted by atomic mass is 15.5. The van der Waals surface area contributed by atoms with Gasteiger partial charge in [0.15, 0.2) is 0 Å². The van der Waals surface area contributed by atoms with Crippen molar-refractivity contribution in [2.75, 3.05) is 5.43 Å². The van der Waals surface area contributed by atoms with Crippen molar-refractivity contribution in [3.63, 3.8) is 0 Å². The van der Waals surface area contributed by atoms with Gasteiger partial charge in [0.2, 0.25) is 0 Å². The SMILES string of the molecule is CC(C)c1cccc(C(C)C)c1-n1cc[n+](-c2c(C(C)C)cccc2C(C)C)c1/N=N/Nc1n(-c2c(C(C)C)cccc2C(C)C)cc[n+]1-c1c(C(C)C)cccc1C(C)C. The smallest absolute Gasteiger partial charge is 0.199 e. The lowest BCUT2D eigenvalue weighted by atomic mass is 9.92. The van der Waals surface area contributed by atoms with E-state index in [9.17, 15) is 0 Å². The average Bonchev–Trinajstić information content (AvgIpc) is 3.83. The molecule has 7 heteroatoms. The molecule has 0 aliphatic carbocycles. The van der Waals surface area contributed by atoms with Crippen molar-refractivity contribution in [1.29, 1.82) is 0 Å². The Balaban J connectivity index is 1.69. The Hall–Kier alpha value is -5.30. The number of hydrogen-bond donors (Lipinski definition) is 1. The van der Waals surface area contributed by atoms with Crippen LogP contribution in [0.4, 0.5) is 11.9 Å². The molecular formula is C54H73N7+2. The molecule has 0 saturated carbocycles. The summed E-state index contributed by atoms with van der Waals surface area (Å²) >= 11 is 0. The fourth-order valence-electron chi connectivity index (χ4n) is 8.96. The molecule has 0 spiro atoms. The van der Waals surface area contributed by atoms with E-state index in [1.165, 1.54) is 67.3 Å². The lowest BCUT2D eigenvalue weighted by molar-refractivity contribution is -0.582. The molecule has 0 fully saturated rings. The summed E-state index contributed by atoms with van der Waals surface area (Å²) < 4.78 is 9.18. The number of anilines is 1. The van der Waals surface area contributed by atoms with Crippen LogP contribution in [0.1, 0.15) is 203 Å². The van der Waals surface area contributed by atoms with E-state index < -0.39 is 0 Å². The van der Waals surface area contributed by atoms with Gasteiger partial charge in [0.1, 0.15) is 47.5 Å². The molecule has 0 bridgehead atoms. The molecule has 4 aromatic carbocycles. The van der Waals surface area contributed by atoms with Crippen molar-refractivity contribution in [3.8, 4) is 22.7 Å². The van der Waals surface area contributed by atoms with Gasteiger partial charge in [0.25, 0.3) is 0 Å². The normalized spacial score (nSPS) is 12.4. The zero-order chi connectivity index (χ0) is 44.4. The summed E-state index contributed by atoms with van der Waals surface area (Å²) in [7, 11) is 0. The van der Waals surface area contributed by atoms with Crippen molar-refractivity contribution in [2.24, 2.45) is 10.3 Å². The Morgan fingerprint density at radius 3 is 1.05 bits per heavy atom. The Morgan fingerprint density at radius 1 is 0.393 bits per heavy atom. The monoisotopic (exact) mass is 820 g/mol. The number of nitrogens with zero attached hydrogens (tertiary/aromatic N) is 6. The van der Waals surface area contributed by atoms with E-state index in [0.717, 1.165) is 11.9 Å². The second-order valence-electron chi connectivity index (χ2n) is 19.4. The lowest BCUT2D eigenvalue weighted by Crippen LogP contribution is -2.36. The lowest BCUT2D eigenvalue weighted by Gasteiger charge is -2.20. The van der Waals surface area contributed by atoms with Crippen LogP contribution >= 0.6 is 0 Å². The molecule has 6 aromatic rings. The van der Waals surface area contributed by atoms with Crippen LogP contribution in [0.2, 0.25) is 0 Å². The Morgan fingerprint density at radius 2 is 0.689 bits per heavy atom. The highest BCUT2D eigenvalue weighted by Crippen LogP contribution is 2.37. The molecule has 2 heterocycles. The molecule has 0 unspecified atom stereocenters. The highest BCUT2D eigenvalue weighted by Gasteiger charge is 2.32. The van der Waals surface area contributed by atoms with E-state index >= 15 is 0 Å². The van der Waals surface area contributed by atoms with Crippen LogP contribution in [0.15, 0.2) is 108 Å². The van der Waals surface area contributed by atoms with E-state index in [2.05, 4.69) is 232 Å². The third kappa shape index (κ3) is 8.89. The first kappa shape index (κ1) is 45.2. The zero-order valence-corrected chi connectivity index (χ0v) is 40.0. The van der Waals surface area contributed by atoms with Crippen LogP contribution in [0.5, 0.6) is 0 Å². The van der Waals surface area contributed by atoms with Crippen molar-refractivity contribution >= 4 is 11.9 Å². The maximum atomic E-state index is 5.31. The minimum Gasteiger partial charge on any atom is -0.199 e. The van der Waals surface area contributed by atoms with Crippen LogP contribution in [-0.4, -0.2) is 9.13 Å². The molecule has 322 valence electrons. The quantitative estimate of drug-likeness (QED) is 0.0626. The Kier molecular flexibility index (Phi) is 13.9. The fraction of sp³-hybridized carbons (Fsp3) is 0.444. The standard InChI is InChI=1S/C54H72N7/c1-33(2)41-21-17-22-42(34(3)4)49(41)58-29-30-59(50-43(35(5)6)23-18-24-44(50)36(7)8)53(58)55-57-56-54-60(51-45(37(9)10)25-19-26-46(51)38(11)12)31-32-61(54)52-47(39(13)14)27-20-28-48(52)40(15)16/h17-40H,1-16H3/q+1/p+1. The van der Waals surface area contributed by atoms with Crippen LogP contribution < -0.4 is 14.6 Å². The van der Waals surface area contributed by atoms with Crippen molar-refractivity contribution < 1.29 is 9.13 Å². The second kappa shape index (κ2) is 18.8. The number of rotatable bonds is 15. The first-order chi connectivity index (χ1) is 29.0. The Bertz CT molecular complexity index is 2220. The van der Waals surface area contributed by atoms with E-state index in [0.29, 0.717) is 47.3 Å². The fourth-order valence-corrected chi connectivity index (χ4v) is 8.96. The second-order valence-corrected chi connectivity index (χ2v) is 19.4. The van der Waals surface area contributed by atoms with Gasteiger partial charge in [-0.3, -0.25) is 0 Å². The van der Waals surface area contributed by atoms with Gasteiger partial charge < -0.3 is 0 Å². The number of imidazole rings is 2. The van der Waals surface area contributed by atoms with Gasteiger partial charge >= 0.3 is 11.9 Å². The summed E-state index contributed by atoms with van der Waals surface area (Å²) in [6.45, 7) is 36.5. The van der Waals surface area contributed by atoms with Gasteiger partial charge in [-0.05, 0) is 91.9 Å². The number of hydrogen-bond acceptors (Lipinski definition) is 2. The molecule has 0 radical (unpaired) electrons. The van der Waals surface area contributed by atoms with Gasteiger partial charge in [-0.15, -0.1) is 5.43 Å². The minimum atomic E-state index is 0.302. The predicted molar refractivity (Wildman–Crippen MR) is 255 cm³/mol. The summed E-state index contributed by atoms with van der Waals surface area (Å²) in [4.78, 5) is 0. The van der Waals surface area contributed by atoms with E-state index in [4.69, 9.17) is 10.3 Å². The first-order valence-corrected chi connectivity index (χ1v) is 22.9. The zero-order valence-electron chi connectivity index (χ0n) is 40.0. The third-order valence-electron chi connectivity index (χ3n) is 12.2. The van der Waals surface area contributed by atoms with Crippen molar-refractivity contribution in [3.05, 3.63) is 142 Å². The molecule has 7 nitrogen and oxygen atoms in total. The van der Waals surface area contributed by atoms with Crippen LogP contribution in [0, 0.1) is 0 Å². The van der Waals surface area contributed by atoms with Crippen LogP contribution in [0.3, 0.4) is 0 Å². The van der Waals surface area contributed by atoms with Gasteiger partial charge in [-0.1, -0.05) is 184 Å². The highest BCUT2D eigenvalue weighted by molar-refractivity contribution is 5.57. The number of nitrogens with one attached hydrogen (secondary N) is 1. The van der Waals surface area contributed by atoms with Gasteiger partial charge in [0.05, 0.1) is 10.3 Å². The van der Waals surface area contributed by atoms with Crippen molar-refractivity contribution in [1.82, 2.24) is 9.13 Å². The molecule has 1 N–H and O–H groups in total. The third-order valence-corrected chi connectivity index (χ3v) is 12.2. The van der Waals surface area contributed by atoms with E-state index in [-0.39, 0.29) is 0 Å². The molecule has 0 atom stereocenters. The molecule has 0 aliphatic heterocycles. The van der Waals surface area contributed by atoms with E-state index in [1.807, 2.05) is 0 Å². The number of para-hydroxylation sites is 4. The van der Waals surface area contributed by atoms with E-state index in [1.54, 1.807) is 0 Å². The molecular weight excluding hydrogens is 747 g/mol.